The molecule has 0 radical (unpaired) electrons. The maximum atomic E-state index is 8.98. The predicted octanol–water partition coefficient (Wildman–Crippen LogP) is 6.84. The molecule has 0 saturated carbocycles. The minimum Gasteiger partial charge on any atom is -0.321 e. The fraction of sp³-hybridized carbons (Fsp3) is 0.214. The highest BCUT2D eigenvalue weighted by molar-refractivity contribution is 6.10. The number of hydrogen-bond acceptors (Lipinski definition) is 3. The molecule has 2 N–H and O–H groups in total. The maximum Gasteiger partial charge on any atom is 0.160 e. The van der Waals surface area contributed by atoms with E-state index >= 15 is 0 Å². The van der Waals surface area contributed by atoms with Gasteiger partial charge < -0.3 is 10.7 Å². The highest BCUT2D eigenvalue weighted by Crippen LogP contribution is 2.24. The first kappa shape index (κ1) is 28.2. The van der Waals surface area contributed by atoms with Crippen LogP contribution in [-0.4, -0.2) is 11.9 Å². The summed E-state index contributed by atoms with van der Waals surface area (Å²) >= 11 is 0. The van der Waals surface area contributed by atoms with Gasteiger partial charge in [0.1, 0.15) is 0 Å². The molecule has 2 aromatic rings. The molecule has 0 aliphatic rings. The van der Waals surface area contributed by atoms with E-state index in [4.69, 9.17) is 11.1 Å². The number of hydrazone groups is 1. The Morgan fingerprint density at radius 3 is 1.91 bits per heavy atom. The van der Waals surface area contributed by atoms with Gasteiger partial charge in [-0.1, -0.05) is 82.5 Å². The molecule has 32 heavy (non-hydrogen) atoms. The van der Waals surface area contributed by atoms with E-state index in [0.29, 0.717) is 11.4 Å². The molecule has 0 saturated heterocycles. The van der Waals surface area contributed by atoms with E-state index in [1.165, 1.54) is 0 Å². The van der Waals surface area contributed by atoms with Crippen LogP contribution in [0.2, 0.25) is 0 Å². The van der Waals surface area contributed by atoms with Crippen LogP contribution in [-0.2, 0) is 0 Å². The number of nitriles is 1. The van der Waals surface area contributed by atoms with Gasteiger partial charge in [-0.05, 0) is 49.2 Å². The molecule has 0 fully saturated rings. The Kier molecular flexibility index (Phi) is 14.9. The topological polar surface area (TPSA) is 65.4 Å². The van der Waals surface area contributed by atoms with Crippen molar-refractivity contribution in [2.24, 2.45) is 16.9 Å². The monoisotopic (exact) mass is 428 g/mol. The molecule has 0 aliphatic carbocycles. The molecule has 4 nitrogen and oxygen atoms in total. The zero-order valence-electron chi connectivity index (χ0n) is 19.8. The minimum absolute atomic E-state index is 0.114. The predicted molar refractivity (Wildman–Crippen MR) is 141 cm³/mol. The van der Waals surface area contributed by atoms with Crippen molar-refractivity contribution in [3.8, 4) is 6.07 Å². The average Bonchev–Trinajstić information content (AvgIpc) is 2.87. The molecule has 0 aliphatic heterocycles. The number of amidine groups is 1. The van der Waals surface area contributed by atoms with E-state index in [0.717, 1.165) is 11.3 Å². The lowest BCUT2D eigenvalue weighted by Crippen LogP contribution is -2.43. The second-order valence-electron chi connectivity index (χ2n) is 6.54. The van der Waals surface area contributed by atoms with Crippen LogP contribution < -0.4 is 10.7 Å². The van der Waals surface area contributed by atoms with Crippen molar-refractivity contribution in [3.63, 3.8) is 0 Å². The summed E-state index contributed by atoms with van der Waals surface area (Å²) < 4.78 is 0. The Morgan fingerprint density at radius 2 is 1.50 bits per heavy atom. The summed E-state index contributed by atoms with van der Waals surface area (Å²) in [6.07, 6.45) is 9.00. The third-order valence-electron chi connectivity index (χ3n) is 4.58. The average molecular weight is 429 g/mol. The van der Waals surface area contributed by atoms with Crippen molar-refractivity contribution in [1.82, 2.24) is 0 Å². The van der Waals surface area contributed by atoms with E-state index in [-0.39, 0.29) is 12.0 Å². The van der Waals surface area contributed by atoms with Gasteiger partial charge in [-0.25, -0.2) is 0 Å². The van der Waals surface area contributed by atoms with Gasteiger partial charge >= 0.3 is 0 Å². The third-order valence-corrected chi connectivity index (χ3v) is 4.58. The van der Waals surface area contributed by atoms with Crippen LogP contribution in [0.4, 0.5) is 5.69 Å². The van der Waals surface area contributed by atoms with Crippen molar-refractivity contribution in [3.05, 3.63) is 116 Å². The standard InChI is InChI=1S/C20H22N4.C6H8.C2H6/c1-4-15(2)16(3)24(19-8-6-5-7-9-19)20(23-22)18-12-10-17(14-21)11-13-18;1-3-5-6-4-2;1-2/h4-13,15-16H,1,22H2,2-3H3;3-6H,1-2H2;1-2H3/b23-20-;6-5+;. The lowest BCUT2D eigenvalue weighted by molar-refractivity contribution is 0.576. The van der Waals surface area contributed by atoms with Gasteiger partial charge in [0.2, 0.25) is 0 Å². The first-order chi connectivity index (χ1) is 15.5. The number of nitrogens with zero attached hydrogens (tertiary/aromatic N) is 3. The van der Waals surface area contributed by atoms with Crippen molar-refractivity contribution in [2.75, 3.05) is 4.90 Å². The lowest BCUT2D eigenvalue weighted by Gasteiger charge is -2.34. The molecule has 2 rings (SSSR count). The molecule has 0 heterocycles. The molecule has 0 bridgehead atoms. The Bertz CT molecular complexity index is 893. The fourth-order valence-corrected chi connectivity index (χ4v) is 2.70. The number of benzene rings is 2. The van der Waals surface area contributed by atoms with E-state index in [1.807, 2.05) is 74.5 Å². The van der Waals surface area contributed by atoms with Crippen LogP contribution >= 0.6 is 0 Å². The summed E-state index contributed by atoms with van der Waals surface area (Å²) in [6, 6.07) is 19.5. The van der Waals surface area contributed by atoms with Gasteiger partial charge in [-0.15, -0.1) is 6.58 Å². The van der Waals surface area contributed by atoms with Crippen molar-refractivity contribution < 1.29 is 0 Å². The number of para-hydroxylation sites is 1. The minimum atomic E-state index is 0.114. The summed E-state index contributed by atoms with van der Waals surface area (Å²) in [6.45, 7) is 19.1. The molecular weight excluding hydrogens is 392 g/mol. The van der Waals surface area contributed by atoms with E-state index in [2.05, 4.69) is 49.7 Å². The molecule has 4 heteroatoms. The molecule has 168 valence electrons. The quantitative estimate of drug-likeness (QED) is 0.131. The summed E-state index contributed by atoms with van der Waals surface area (Å²) in [5.41, 5.74) is 2.48. The maximum absolute atomic E-state index is 8.98. The van der Waals surface area contributed by atoms with Gasteiger partial charge in [0.15, 0.2) is 5.84 Å². The van der Waals surface area contributed by atoms with Gasteiger partial charge in [0.25, 0.3) is 0 Å². The van der Waals surface area contributed by atoms with Crippen LogP contribution in [0.3, 0.4) is 0 Å². The number of nitrogens with two attached hydrogens (primary N) is 1. The molecule has 0 amide bonds. The van der Waals surface area contributed by atoms with Crippen LogP contribution in [0.25, 0.3) is 0 Å². The summed E-state index contributed by atoms with van der Waals surface area (Å²) in [4.78, 5) is 2.10. The summed E-state index contributed by atoms with van der Waals surface area (Å²) in [5.74, 6) is 6.64. The van der Waals surface area contributed by atoms with Crippen LogP contribution in [0.5, 0.6) is 0 Å². The van der Waals surface area contributed by atoms with Gasteiger partial charge in [-0.3, -0.25) is 0 Å². The normalized spacial score (nSPS) is 12.0. The fourth-order valence-electron chi connectivity index (χ4n) is 2.70. The van der Waals surface area contributed by atoms with Gasteiger partial charge in [-0.2, -0.15) is 10.4 Å². The first-order valence-corrected chi connectivity index (χ1v) is 10.7. The SMILES string of the molecule is C=C/C=C/C=C.C=CC(C)C(C)N(/C(=N\N)c1ccc(C#N)cc1)c1ccccc1.CC. The highest BCUT2D eigenvalue weighted by Gasteiger charge is 2.24. The number of rotatable bonds is 7. The third kappa shape index (κ3) is 8.89. The number of hydrogen-bond donors (Lipinski definition) is 1. The Morgan fingerprint density at radius 1 is 0.969 bits per heavy atom. The zero-order valence-corrected chi connectivity index (χ0v) is 19.8. The van der Waals surface area contributed by atoms with E-state index in [1.54, 1.807) is 24.3 Å². The number of anilines is 1. The number of allylic oxidation sites excluding steroid dienone is 4. The molecule has 2 unspecified atom stereocenters. The largest absolute Gasteiger partial charge is 0.321 e. The highest BCUT2D eigenvalue weighted by atomic mass is 15.3. The van der Waals surface area contributed by atoms with Crippen LogP contribution in [0.1, 0.15) is 38.8 Å². The van der Waals surface area contributed by atoms with Crippen molar-refractivity contribution in [2.45, 2.75) is 33.7 Å². The van der Waals surface area contributed by atoms with E-state index in [9.17, 15) is 0 Å². The van der Waals surface area contributed by atoms with Crippen molar-refractivity contribution in [1.29, 1.82) is 5.26 Å². The molecule has 2 atom stereocenters. The summed E-state index contributed by atoms with van der Waals surface area (Å²) in [5, 5.41) is 13.0. The molecular formula is C28H36N4. The zero-order chi connectivity index (χ0) is 24.4. The Hall–Kier alpha value is -3.84. The smallest absolute Gasteiger partial charge is 0.160 e. The molecule has 2 aromatic carbocycles. The Balaban J connectivity index is 0.00000104. The van der Waals surface area contributed by atoms with Gasteiger partial charge in [0, 0.05) is 17.3 Å². The van der Waals surface area contributed by atoms with Gasteiger partial charge in [0.05, 0.1) is 11.6 Å². The lowest BCUT2D eigenvalue weighted by atomic mass is 9.99. The summed E-state index contributed by atoms with van der Waals surface area (Å²) in [7, 11) is 0. The second kappa shape index (κ2) is 16.9. The molecule has 0 aromatic heterocycles. The van der Waals surface area contributed by atoms with E-state index < -0.39 is 0 Å². The first-order valence-electron chi connectivity index (χ1n) is 10.7. The van der Waals surface area contributed by atoms with Crippen LogP contribution in [0.15, 0.2) is 110 Å². The van der Waals surface area contributed by atoms with Crippen molar-refractivity contribution >= 4 is 11.5 Å². The second-order valence-corrected chi connectivity index (χ2v) is 6.54. The molecule has 0 spiro atoms. The van der Waals surface area contributed by atoms with Crippen LogP contribution in [0, 0.1) is 17.2 Å². The Labute approximate surface area is 194 Å².